The molecule has 0 saturated heterocycles. The normalized spacial score (nSPS) is 11.7. The van der Waals surface area contributed by atoms with E-state index in [0.717, 1.165) is 43.8 Å². The van der Waals surface area contributed by atoms with Crippen LogP contribution in [0.3, 0.4) is 0 Å². The molecular weight excluding hydrogens is 697 g/mol. The number of hydrogen-bond donors (Lipinski definition) is 2. The predicted octanol–water partition coefficient (Wildman–Crippen LogP) is 6.87. The molecule has 7 aromatic rings. The van der Waals surface area contributed by atoms with E-state index in [2.05, 4.69) is 9.97 Å². The second kappa shape index (κ2) is 9.10. The molecular formula is C32H18HgN8. The monoisotopic (exact) mass is 716 g/mol. The molecule has 2 aliphatic heterocycles. The fourth-order valence-corrected chi connectivity index (χ4v) is 5.59. The van der Waals surface area contributed by atoms with Gasteiger partial charge in [0.1, 0.15) is 22.6 Å². The van der Waals surface area contributed by atoms with Gasteiger partial charge in [-0.25, -0.2) is 29.9 Å². The van der Waals surface area contributed by atoms with E-state index >= 15 is 0 Å². The Kier molecular flexibility index (Phi) is 5.33. The maximum atomic E-state index is 5.02. The van der Waals surface area contributed by atoms with Crippen LogP contribution in [0.25, 0.3) is 89.7 Å². The number of aromatic amines is 2. The van der Waals surface area contributed by atoms with Crippen LogP contribution in [0.5, 0.6) is 0 Å². The summed E-state index contributed by atoms with van der Waals surface area (Å²) >= 11 is 0. The number of rotatable bonds is 0. The van der Waals surface area contributed by atoms with Gasteiger partial charge in [0.05, 0.1) is 0 Å². The van der Waals surface area contributed by atoms with Crippen molar-refractivity contribution in [1.29, 1.82) is 0 Å². The second-order valence-electron chi connectivity index (χ2n) is 9.79. The fraction of sp³-hybridized carbons (Fsp3) is 0. The molecule has 0 aliphatic carbocycles. The van der Waals surface area contributed by atoms with E-state index in [-0.39, 0.29) is 27.7 Å². The first-order chi connectivity index (χ1) is 19.8. The van der Waals surface area contributed by atoms with E-state index in [9.17, 15) is 0 Å². The number of fused-ring (bicyclic) bond motifs is 20. The van der Waals surface area contributed by atoms with Crippen molar-refractivity contribution in [1.82, 2.24) is 39.9 Å². The van der Waals surface area contributed by atoms with Crippen molar-refractivity contribution in [3.63, 3.8) is 0 Å². The summed E-state index contributed by atoms with van der Waals surface area (Å²) in [6.45, 7) is 0. The van der Waals surface area contributed by atoms with E-state index in [4.69, 9.17) is 29.9 Å². The minimum atomic E-state index is 0. The topological polar surface area (TPSA) is 109 Å². The summed E-state index contributed by atoms with van der Waals surface area (Å²) in [6.07, 6.45) is 0. The average Bonchev–Trinajstić information content (AvgIpc) is 3.73. The van der Waals surface area contributed by atoms with E-state index in [0.29, 0.717) is 45.9 Å². The minimum Gasteiger partial charge on any atom is -0.324 e. The van der Waals surface area contributed by atoms with Crippen LogP contribution >= 0.6 is 0 Å². The summed E-state index contributed by atoms with van der Waals surface area (Å²) < 4.78 is 0. The van der Waals surface area contributed by atoms with Crippen molar-refractivity contribution in [2.24, 2.45) is 0 Å². The molecule has 188 valence electrons. The van der Waals surface area contributed by atoms with Crippen LogP contribution in [0.4, 0.5) is 0 Å². The SMILES string of the molecule is [Hg].c1ccc2c(c1)-c1nc-2nc2[nH]c(nc3nc(nc4[nH]c(n1)c1ccccc41)-c1ccccc1-3)c1ccccc21. The molecule has 41 heavy (non-hydrogen) atoms. The molecule has 9 heteroatoms. The number of nitrogens with zero attached hydrogens (tertiary/aromatic N) is 6. The predicted molar refractivity (Wildman–Crippen MR) is 156 cm³/mol. The van der Waals surface area contributed by atoms with Crippen LogP contribution in [0.2, 0.25) is 0 Å². The van der Waals surface area contributed by atoms with Crippen molar-refractivity contribution in [3.8, 4) is 45.6 Å². The summed E-state index contributed by atoms with van der Waals surface area (Å²) in [5, 5.41) is 3.82. The first-order valence-corrected chi connectivity index (χ1v) is 13.0. The van der Waals surface area contributed by atoms with Crippen LogP contribution in [0.1, 0.15) is 0 Å². The summed E-state index contributed by atoms with van der Waals surface area (Å²) in [5.74, 6) is 2.39. The third-order valence-electron chi connectivity index (χ3n) is 7.46. The Bertz CT molecular complexity index is 2030. The molecule has 2 aliphatic rings. The molecule has 0 spiro atoms. The molecule has 4 aromatic carbocycles. The molecule has 0 radical (unpaired) electrons. The van der Waals surface area contributed by atoms with Gasteiger partial charge in [-0.2, -0.15) is 0 Å². The Hall–Kier alpha value is -4.82. The van der Waals surface area contributed by atoms with Gasteiger partial charge in [-0.05, 0) is 0 Å². The smallest absolute Gasteiger partial charge is 0.164 e. The molecule has 9 rings (SSSR count). The third-order valence-corrected chi connectivity index (χ3v) is 7.46. The average molecular weight is 715 g/mol. The van der Waals surface area contributed by atoms with Gasteiger partial charge in [0, 0.05) is 71.5 Å². The number of hydrogen-bond acceptors (Lipinski definition) is 6. The molecule has 5 heterocycles. The van der Waals surface area contributed by atoms with Crippen molar-refractivity contribution in [3.05, 3.63) is 97.1 Å². The molecule has 0 atom stereocenters. The molecule has 8 bridgehead atoms. The van der Waals surface area contributed by atoms with Gasteiger partial charge in [0.15, 0.2) is 23.3 Å². The number of aromatic nitrogens is 8. The largest absolute Gasteiger partial charge is 0.324 e. The first kappa shape index (κ1) is 24.0. The fourth-order valence-electron chi connectivity index (χ4n) is 5.59. The Labute approximate surface area is 253 Å². The summed E-state index contributed by atoms with van der Waals surface area (Å²) in [7, 11) is 0. The summed E-state index contributed by atoms with van der Waals surface area (Å²) in [4.78, 5) is 36.8. The van der Waals surface area contributed by atoms with E-state index in [1.165, 1.54) is 0 Å². The quantitative estimate of drug-likeness (QED) is 0.166. The Morgan fingerprint density at radius 3 is 0.829 bits per heavy atom. The summed E-state index contributed by atoms with van der Waals surface area (Å²) in [5.41, 5.74) is 6.45. The van der Waals surface area contributed by atoms with Gasteiger partial charge in [-0.1, -0.05) is 97.1 Å². The Balaban J connectivity index is 0.00000256. The molecule has 2 N–H and O–H groups in total. The van der Waals surface area contributed by atoms with Gasteiger partial charge in [0.2, 0.25) is 0 Å². The molecule has 8 nitrogen and oxygen atoms in total. The minimum absolute atomic E-state index is 0. The maximum absolute atomic E-state index is 5.02. The van der Waals surface area contributed by atoms with E-state index in [1.54, 1.807) is 0 Å². The zero-order valence-electron chi connectivity index (χ0n) is 21.6. The number of nitrogens with one attached hydrogen (secondary N) is 2. The third kappa shape index (κ3) is 3.64. The first-order valence-electron chi connectivity index (χ1n) is 13.0. The molecule has 3 aromatic heterocycles. The second-order valence-corrected chi connectivity index (χ2v) is 9.79. The van der Waals surface area contributed by atoms with Crippen molar-refractivity contribution < 1.29 is 27.7 Å². The van der Waals surface area contributed by atoms with Crippen molar-refractivity contribution >= 4 is 44.1 Å². The van der Waals surface area contributed by atoms with Crippen molar-refractivity contribution in [2.75, 3.05) is 0 Å². The number of H-pyrrole nitrogens is 2. The van der Waals surface area contributed by atoms with Crippen LogP contribution in [0.15, 0.2) is 97.1 Å². The van der Waals surface area contributed by atoms with Crippen LogP contribution in [-0.2, 0) is 27.7 Å². The summed E-state index contributed by atoms with van der Waals surface area (Å²) in [6, 6.07) is 32.2. The van der Waals surface area contributed by atoms with E-state index < -0.39 is 0 Å². The van der Waals surface area contributed by atoms with Crippen molar-refractivity contribution in [2.45, 2.75) is 0 Å². The standard InChI is InChI=1S/C32H18N8.Hg/c1-2-10-18-17(9-1)25-33-26(18)38-28-21-13-5-6-14-22(21)30(35-28)40-32-24-16-8-7-15-23(24)31(36-32)39-29-20-12-4-3-11-19(20)27(34-29)37-25;/h1-16H,(H2,33,34,35,36,37,38,39,40);. The van der Waals surface area contributed by atoms with Crippen LogP contribution in [0, 0.1) is 0 Å². The van der Waals surface area contributed by atoms with Crippen LogP contribution in [-0.4, -0.2) is 39.9 Å². The van der Waals surface area contributed by atoms with Gasteiger partial charge in [-0.3, -0.25) is 0 Å². The molecule has 0 amide bonds. The van der Waals surface area contributed by atoms with Gasteiger partial charge in [0.25, 0.3) is 0 Å². The zero-order valence-corrected chi connectivity index (χ0v) is 27.1. The Morgan fingerprint density at radius 1 is 0.317 bits per heavy atom. The number of benzene rings is 4. The zero-order chi connectivity index (χ0) is 26.2. The molecule has 0 unspecified atom stereocenters. The van der Waals surface area contributed by atoms with E-state index in [1.807, 2.05) is 97.1 Å². The molecule has 0 saturated carbocycles. The van der Waals surface area contributed by atoms with Gasteiger partial charge < -0.3 is 9.97 Å². The van der Waals surface area contributed by atoms with Gasteiger partial charge in [-0.15, -0.1) is 0 Å². The van der Waals surface area contributed by atoms with Gasteiger partial charge >= 0.3 is 0 Å². The van der Waals surface area contributed by atoms with Crippen LogP contribution < -0.4 is 0 Å². The molecule has 0 fully saturated rings. The Morgan fingerprint density at radius 2 is 0.561 bits per heavy atom. The maximum Gasteiger partial charge on any atom is 0.164 e.